The molecule has 0 radical (unpaired) electrons. The average molecular weight is 301 g/mol. The lowest BCUT2D eigenvalue weighted by Gasteiger charge is -2.12. The van der Waals surface area contributed by atoms with Crippen LogP contribution in [0.2, 0.25) is 0 Å². The van der Waals surface area contributed by atoms with Gasteiger partial charge in [0.15, 0.2) is 0 Å². The number of nitrogens with zero attached hydrogens (tertiary/aromatic N) is 2. The van der Waals surface area contributed by atoms with Crippen LogP contribution in [0.3, 0.4) is 0 Å². The van der Waals surface area contributed by atoms with Gasteiger partial charge in [0, 0.05) is 24.2 Å². The number of benzene rings is 1. The zero-order valence-electron chi connectivity index (χ0n) is 13.6. The molecule has 0 aliphatic heterocycles. The molecule has 0 spiro atoms. The van der Waals surface area contributed by atoms with E-state index in [1.165, 1.54) is 4.68 Å². The lowest BCUT2D eigenvalue weighted by Crippen LogP contribution is -2.28. The lowest BCUT2D eigenvalue weighted by molar-refractivity contribution is 0.242. The van der Waals surface area contributed by atoms with Crippen molar-refractivity contribution in [3.05, 3.63) is 46.2 Å². The van der Waals surface area contributed by atoms with Crippen molar-refractivity contribution < 1.29 is 4.74 Å². The van der Waals surface area contributed by atoms with Crippen LogP contribution in [0.1, 0.15) is 26.3 Å². The first-order valence-corrected chi connectivity index (χ1v) is 7.58. The average Bonchev–Trinajstić information content (AvgIpc) is 2.49. The van der Waals surface area contributed by atoms with Gasteiger partial charge in [-0.05, 0) is 46.0 Å². The fraction of sp³-hybridized carbons (Fsp3) is 0.412. The van der Waals surface area contributed by atoms with Crippen LogP contribution >= 0.6 is 0 Å². The fourth-order valence-corrected chi connectivity index (χ4v) is 2.27. The van der Waals surface area contributed by atoms with Crippen LogP contribution in [-0.2, 0) is 13.1 Å². The first-order valence-electron chi connectivity index (χ1n) is 7.58. The first kappa shape index (κ1) is 16.2. The molecule has 0 saturated heterocycles. The summed E-state index contributed by atoms with van der Waals surface area (Å²) in [5.74, 6) is 0.804. The highest BCUT2D eigenvalue weighted by Crippen LogP contribution is 2.23. The van der Waals surface area contributed by atoms with Gasteiger partial charge in [0.05, 0.1) is 11.8 Å². The number of hydrogen-bond donors (Lipinski definition) is 1. The van der Waals surface area contributed by atoms with Gasteiger partial charge in [-0.3, -0.25) is 4.79 Å². The lowest BCUT2D eigenvalue weighted by atomic mass is 10.1. The zero-order chi connectivity index (χ0) is 16.1. The predicted octanol–water partition coefficient (Wildman–Crippen LogP) is 2.44. The summed E-state index contributed by atoms with van der Waals surface area (Å²) in [6.45, 7) is 6.97. The Bertz CT molecular complexity index is 693. The molecule has 1 aromatic heterocycles. The molecule has 5 nitrogen and oxygen atoms in total. The molecule has 2 aromatic rings. The number of nitrogens with one attached hydrogen (secondary N) is 1. The topological polar surface area (TPSA) is 56.1 Å². The quantitative estimate of drug-likeness (QED) is 0.890. The molecule has 0 aliphatic rings. The molecule has 1 heterocycles. The molecule has 0 aliphatic carbocycles. The second-order valence-corrected chi connectivity index (χ2v) is 5.40. The summed E-state index contributed by atoms with van der Waals surface area (Å²) >= 11 is 0. The van der Waals surface area contributed by atoms with E-state index in [9.17, 15) is 4.79 Å². The minimum atomic E-state index is -0.0461. The van der Waals surface area contributed by atoms with Gasteiger partial charge in [0.2, 0.25) is 0 Å². The minimum Gasteiger partial charge on any atom is -0.491 e. The van der Waals surface area contributed by atoms with Crippen LogP contribution in [0, 0.1) is 0 Å². The third kappa shape index (κ3) is 3.74. The Balaban J connectivity index is 2.47. The van der Waals surface area contributed by atoms with Crippen molar-refractivity contribution in [2.24, 2.45) is 0 Å². The minimum absolute atomic E-state index is 0.0461. The van der Waals surface area contributed by atoms with E-state index in [-0.39, 0.29) is 11.7 Å². The molecule has 0 fully saturated rings. The fourth-order valence-electron chi connectivity index (χ4n) is 2.27. The molecule has 5 heteroatoms. The summed E-state index contributed by atoms with van der Waals surface area (Å²) in [7, 11) is 1.83. The summed E-state index contributed by atoms with van der Waals surface area (Å²) in [5.41, 5.74) is 2.39. The Labute approximate surface area is 130 Å². The third-order valence-electron chi connectivity index (χ3n) is 3.22. The summed E-state index contributed by atoms with van der Waals surface area (Å²) < 4.78 is 7.22. The molecule has 1 aromatic carbocycles. The Morgan fingerprint density at radius 3 is 2.73 bits per heavy atom. The smallest absolute Gasteiger partial charge is 0.271 e. The monoisotopic (exact) mass is 301 g/mol. The molecule has 0 amide bonds. The molecular weight excluding hydrogens is 278 g/mol. The van der Waals surface area contributed by atoms with Crippen molar-refractivity contribution in [2.75, 3.05) is 7.05 Å². The summed E-state index contributed by atoms with van der Waals surface area (Å²) in [5, 5.41) is 7.47. The van der Waals surface area contributed by atoms with Crippen LogP contribution in [-0.4, -0.2) is 22.9 Å². The molecular formula is C17H23N3O2. The maximum Gasteiger partial charge on any atom is 0.271 e. The molecule has 22 heavy (non-hydrogen) atoms. The molecule has 0 atom stereocenters. The van der Waals surface area contributed by atoms with Gasteiger partial charge >= 0.3 is 0 Å². The van der Waals surface area contributed by atoms with E-state index in [0.717, 1.165) is 17.0 Å². The Kier molecular flexibility index (Phi) is 5.33. The summed E-state index contributed by atoms with van der Waals surface area (Å²) in [4.78, 5) is 12.2. The van der Waals surface area contributed by atoms with Crippen LogP contribution in [0.5, 0.6) is 5.75 Å². The second kappa shape index (κ2) is 7.22. The third-order valence-corrected chi connectivity index (χ3v) is 3.22. The normalized spacial score (nSPS) is 11.0. The van der Waals surface area contributed by atoms with Gasteiger partial charge in [0.1, 0.15) is 5.75 Å². The number of aryl methyl sites for hydroxylation is 1. The second-order valence-electron chi connectivity index (χ2n) is 5.40. The number of ether oxygens (including phenoxy) is 1. The maximum atomic E-state index is 12.2. The summed E-state index contributed by atoms with van der Waals surface area (Å²) in [6, 6.07) is 9.64. The molecule has 118 valence electrons. The van der Waals surface area contributed by atoms with Crippen molar-refractivity contribution in [1.29, 1.82) is 0 Å². The molecule has 0 bridgehead atoms. The SMILES string of the molecule is CCn1nc(-c2cccc(OC(C)C)c2)cc(CNC)c1=O. The van der Waals surface area contributed by atoms with E-state index in [1.54, 1.807) is 0 Å². The van der Waals surface area contributed by atoms with Gasteiger partial charge in [-0.15, -0.1) is 0 Å². The number of aromatic nitrogens is 2. The predicted molar refractivity (Wildman–Crippen MR) is 88.1 cm³/mol. The molecule has 0 unspecified atom stereocenters. The Morgan fingerprint density at radius 2 is 2.09 bits per heavy atom. The van der Waals surface area contributed by atoms with Crippen molar-refractivity contribution in [2.45, 2.75) is 40.0 Å². The van der Waals surface area contributed by atoms with Gasteiger partial charge in [0.25, 0.3) is 5.56 Å². The zero-order valence-corrected chi connectivity index (χ0v) is 13.6. The highest BCUT2D eigenvalue weighted by atomic mass is 16.5. The summed E-state index contributed by atoms with van der Waals surface area (Å²) in [6.07, 6.45) is 0.118. The highest BCUT2D eigenvalue weighted by Gasteiger charge is 2.10. The van der Waals surface area contributed by atoms with Crippen LogP contribution in [0.25, 0.3) is 11.3 Å². The molecule has 0 saturated carbocycles. The van der Waals surface area contributed by atoms with Gasteiger partial charge in [-0.1, -0.05) is 12.1 Å². The molecule has 2 rings (SSSR count). The number of hydrogen-bond acceptors (Lipinski definition) is 4. The first-order chi connectivity index (χ1) is 10.5. The molecule has 1 N–H and O–H groups in total. The van der Waals surface area contributed by atoms with E-state index < -0.39 is 0 Å². The van der Waals surface area contributed by atoms with Crippen molar-refractivity contribution in [1.82, 2.24) is 15.1 Å². The van der Waals surface area contributed by atoms with E-state index in [0.29, 0.717) is 18.7 Å². The van der Waals surface area contributed by atoms with E-state index in [4.69, 9.17) is 4.74 Å². The van der Waals surface area contributed by atoms with Gasteiger partial charge < -0.3 is 10.1 Å². The van der Waals surface area contributed by atoms with Gasteiger partial charge in [-0.2, -0.15) is 5.10 Å². The van der Waals surface area contributed by atoms with Crippen LogP contribution in [0.15, 0.2) is 35.1 Å². The van der Waals surface area contributed by atoms with E-state index in [1.807, 2.05) is 58.2 Å². The van der Waals surface area contributed by atoms with Crippen LogP contribution < -0.4 is 15.6 Å². The maximum absolute atomic E-state index is 12.2. The highest BCUT2D eigenvalue weighted by molar-refractivity contribution is 5.61. The van der Waals surface area contributed by atoms with Crippen molar-refractivity contribution in [3.63, 3.8) is 0 Å². The van der Waals surface area contributed by atoms with E-state index in [2.05, 4.69) is 10.4 Å². The van der Waals surface area contributed by atoms with Crippen LogP contribution in [0.4, 0.5) is 0 Å². The largest absolute Gasteiger partial charge is 0.491 e. The Morgan fingerprint density at radius 1 is 1.32 bits per heavy atom. The standard InChI is InChI=1S/C17H23N3O2/c1-5-20-17(21)14(11-18-4)10-16(19-20)13-7-6-8-15(9-13)22-12(2)3/h6-10,12,18H,5,11H2,1-4H3. The Hall–Kier alpha value is -2.14. The van der Waals surface area contributed by atoms with Crippen molar-refractivity contribution >= 4 is 0 Å². The van der Waals surface area contributed by atoms with E-state index >= 15 is 0 Å². The van der Waals surface area contributed by atoms with Crippen molar-refractivity contribution in [3.8, 4) is 17.0 Å². The number of rotatable bonds is 6. The van der Waals surface area contributed by atoms with Gasteiger partial charge in [-0.25, -0.2) is 4.68 Å².